The van der Waals surface area contributed by atoms with Crippen molar-refractivity contribution in [1.82, 2.24) is 0 Å². The smallest absolute Gasteiger partial charge is 0.261 e. The predicted molar refractivity (Wildman–Crippen MR) is 72.6 cm³/mol. The van der Waals surface area contributed by atoms with Gasteiger partial charge in [-0.15, -0.1) is 11.3 Å². The molecule has 0 bridgehead atoms. The number of hydrogen-bond donors (Lipinski definition) is 2. The number of nitrogens with zero attached hydrogens (tertiary/aromatic N) is 2. The van der Waals surface area contributed by atoms with Crippen LogP contribution in [0.1, 0.15) is 35.5 Å². The summed E-state index contributed by atoms with van der Waals surface area (Å²) in [5.74, 6) is -0.571. The minimum absolute atomic E-state index is 0.217. The van der Waals surface area contributed by atoms with Gasteiger partial charge in [-0.25, -0.2) is 0 Å². The van der Waals surface area contributed by atoms with Gasteiger partial charge in [0.1, 0.15) is 21.5 Å². The SMILES string of the molecule is CC1(C)CCN(c2sc(C(N)=O)c(N)c2C#N)C1. The molecule has 0 saturated carbocycles. The number of rotatable bonds is 2. The van der Waals surface area contributed by atoms with Crippen LogP contribution in [-0.2, 0) is 0 Å². The monoisotopic (exact) mass is 264 g/mol. The quantitative estimate of drug-likeness (QED) is 0.846. The maximum absolute atomic E-state index is 11.3. The fourth-order valence-electron chi connectivity index (χ4n) is 2.23. The zero-order chi connectivity index (χ0) is 13.5. The van der Waals surface area contributed by atoms with Gasteiger partial charge in [0.25, 0.3) is 5.91 Å². The van der Waals surface area contributed by atoms with E-state index in [2.05, 4.69) is 24.8 Å². The Balaban J connectivity index is 2.43. The third-order valence-electron chi connectivity index (χ3n) is 3.23. The molecule has 1 aromatic heterocycles. The number of carbonyl (C=O) groups excluding carboxylic acids is 1. The molecule has 96 valence electrons. The number of nitriles is 1. The molecule has 1 saturated heterocycles. The summed E-state index contributed by atoms with van der Waals surface area (Å²) in [5.41, 5.74) is 11.9. The standard InChI is InChI=1S/C12H16N4OS/c1-12(2)3-4-16(6-12)11-7(5-13)8(14)9(18-11)10(15)17/h3-4,6,14H2,1-2H3,(H2,15,17). The molecule has 0 aromatic carbocycles. The van der Waals surface area contributed by atoms with Gasteiger partial charge in [-0.1, -0.05) is 13.8 Å². The van der Waals surface area contributed by atoms with Crippen LogP contribution in [0.2, 0.25) is 0 Å². The molecule has 4 N–H and O–H groups in total. The molecule has 1 fully saturated rings. The fourth-order valence-corrected chi connectivity index (χ4v) is 3.28. The van der Waals surface area contributed by atoms with E-state index < -0.39 is 5.91 Å². The minimum atomic E-state index is -0.571. The second-order valence-electron chi connectivity index (χ2n) is 5.34. The molecule has 0 unspecified atom stereocenters. The van der Waals surface area contributed by atoms with Crippen LogP contribution < -0.4 is 16.4 Å². The first-order valence-corrected chi connectivity index (χ1v) is 6.54. The van der Waals surface area contributed by atoms with Crippen LogP contribution in [-0.4, -0.2) is 19.0 Å². The molecule has 5 nitrogen and oxygen atoms in total. The van der Waals surface area contributed by atoms with Gasteiger partial charge in [-0.2, -0.15) is 5.26 Å². The molecule has 0 aliphatic carbocycles. The summed E-state index contributed by atoms with van der Waals surface area (Å²) in [4.78, 5) is 13.7. The molecule has 1 aliphatic rings. The van der Waals surface area contributed by atoms with Crippen molar-refractivity contribution in [3.8, 4) is 6.07 Å². The fraction of sp³-hybridized carbons (Fsp3) is 0.500. The van der Waals surface area contributed by atoms with E-state index in [0.29, 0.717) is 5.56 Å². The summed E-state index contributed by atoms with van der Waals surface area (Å²) in [6.07, 6.45) is 1.06. The lowest BCUT2D eigenvalue weighted by Crippen LogP contribution is -2.22. The zero-order valence-corrected chi connectivity index (χ0v) is 11.3. The Kier molecular flexibility index (Phi) is 2.95. The van der Waals surface area contributed by atoms with Gasteiger partial charge < -0.3 is 16.4 Å². The third-order valence-corrected chi connectivity index (χ3v) is 4.51. The van der Waals surface area contributed by atoms with Crippen LogP contribution in [0.5, 0.6) is 0 Å². The number of anilines is 2. The van der Waals surface area contributed by atoms with E-state index in [1.807, 2.05) is 0 Å². The molecule has 1 aliphatic heterocycles. The largest absolute Gasteiger partial charge is 0.396 e. The topological polar surface area (TPSA) is 96.1 Å². The van der Waals surface area contributed by atoms with Crippen molar-refractivity contribution < 1.29 is 4.79 Å². The van der Waals surface area contributed by atoms with Gasteiger partial charge in [0.15, 0.2) is 0 Å². The maximum atomic E-state index is 11.3. The summed E-state index contributed by atoms with van der Waals surface area (Å²) >= 11 is 1.22. The van der Waals surface area contributed by atoms with Crippen molar-refractivity contribution in [2.75, 3.05) is 23.7 Å². The van der Waals surface area contributed by atoms with E-state index in [9.17, 15) is 10.1 Å². The highest BCUT2D eigenvalue weighted by atomic mass is 32.1. The van der Waals surface area contributed by atoms with E-state index in [1.165, 1.54) is 11.3 Å². The first-order valence-electron chi connectivity index (χ1n) is 5.73. The average Bonchev–Trinajstić information content (AvgIpc) is 2.78. The number of carbonyl (C=O) groups is 1. The molecule has 2 rings (SSSR count). The Morgan fingerprint density at radius 2 is 2.22 bits per heavy atom. The van der Waals surface area contributed by atoms with E-state index in [-0.39, 0.29) is 16.0 Å². The predicted octanol–water partition coefficient (Wildman–Crippen LogP) is 1.54. The average molecular weight is 264 g/mol. The van der Waals surface area contributed by atoms with Gasteiger partial charge in [-0.3, -0.25) is 4.79 Å². The molecule has 1 aromatic rings. The van der Waals surface area contributed by atoms with E-state index >= 15 is 0 Å². The lowest BCUT2D eigenvalue weighted by Gasteiger charge is -2.20. The van der Waals surface area contributed by atoms with Gasteiger partial charge in [0.05, 0.1) is 5.69 Å². The number of nitrogens with two attached hydrogens (primary N) is 2. The molecule has 2 heterocycles. The Bertz CT molecular complexity index is 541. The summed E-state index contributed by atoms with van der Waals surface area (Å²) in [6, 6.07) is 2.08. The van der Waals surface area contributed by atoms with Crippen molar-refractivity contribution in [1.29, 1.82) is 5.26 Å². The normalized spacial score (nSPS) is 17.7. The molecular formula is C12H16N4OS. The number of hydrogen-bond acceptors (Lipinski definition) is 5. The molecule has 0 atom stereocenters. The number of thiophene rings is 1. The molecule has 0 radical (unpaired) electrons. The highest BCUT2D eigenvalue weighted by Gasteiger charge is 2.33. The summed E-state index contributed by atoms with van der Waals surface area (Å²) in [6.45, 7) is 6.11. The van der Waals surface area contributed by atoms with E-state index in [0.717, 1.165) is 24.5 Å². The van der Waals surface area contributed by atoms with Gasteiger partial charge in [0, 0.05) is 13.1 Å². The van der Waals surface area contributed by atoms with Crippen LogP contribution in [0.25, 0.3) is 0 Å². The molecular weight excluding hydrogens is 248 g/mol. The van der Waals surface area contributed by atoms with E-state index in [4.69, 9.17) is 11.5 Å². The Morgan fingerprint density at radius 1 is 1.56 bits per heavy atom. The number of nitrogen functional groups attached to an aromatic ring is 1. The summed E-state index contributed by atoms with van der Waals surface area (Å²) in [7, 11) is 0. The summed E-state index contributed by atoms with van der Waals surface area (Å²) in [5, 5.41) is 9.96. The van der Waals surface area contributed by atoms with Crippen LogP contribution in [0.3, 0.4) is 0 Å². The zero-order valence-electron chi connectivity index (χ0n) is 10.5. The van der Waals surface area contributed by atoms with Crippen molar-refractivity contribution in [3.05, 3.63) is 10.4 Å². The second kappa shape index (κ2) is 4.18. The maximum Gasteiger partial charge on any atom is 0.261 e. The highest BCUT2D eigenvalue weighted by Crippen LogP contribution is 2.41. The first kappa shape index (κ1) is 12.7. The van der Waals surface area contributed by atoms with Gasteiger partial charge >= 0.3 is 0 Å². The van der Waals surface area contributed by atoms with Crippen molar-refractivity contribution >= 4 is 27.9 Å². The molecule has 6 heteroatoms. The highest BCUT2D eigenvalue weighted by molar-refractivity contribution is 7.19. The van der Waals surface area contributed by atoms with Crippen LogP contribution >= 0.6 is 11.3 Å². The first-order chi connectivity index (χ1) is 8.35. The van der Waals surface area contributed by atoms with Crippen LogP contribution in [0.15, 0.2) is 0 Å². The Hall–Kier alpha value is -1.74. The molecule has 0 spiro atoms. The summed E-state index contributed by atoms with van der Waals surface area (Å²) < 4.78 is 0. The van der Waals surface area contributed by atoms with Crippen molar-refractivity contribution in [2.24, 2.45) is 11.1 Å². The van der Waals surface area contributed by atoms with Crippen molar-refractivity contribution in [3.63, 3.8) is 0 Å². The lowest BCUT2D eigenvalue weighted by molar-refractivity contribution is 0.100. The molecule has 1 amide bonds. The van der Waals surface area contributed by atoms with Crippen LogP contribution in [0, 0.1) is 16.7 Å². The Morgan fingerprint density at radius 3 is 2.67 bits per heavy atom. The van der Waals surface area contributed by atoms with Gasteiger partial charge in [0.2, 0.25) is 0 Å². The number of amides is 1. The van der Waals surface area contributed by atoms with Crippen molar-refractivity contribution in [2.45, 2.75) is 20.3 Å². The Labute approximate surface area is 110 Å². The molecule has 18 heavy (non-hydrogen) atoms. The van der Waals surface area contributed by atoms with E-state index in [1.54, 1.807) is 0 Å². The van der Waals surface area contributed by atoms with Gasteiger partial charge in [-0.05, 0) is 11.8 Å². The minimum Gasteiger partial charge on any atom is -0.396 e. The third kappa shape index (κ3) is 2.02. The number of primary amides is 1. The lowest BCUT2D eigenvalue weighted by atomic mass is 9.93. The van der Waals surface area contributed by atoms with Crippen LogP contribution in [0.4, 0.5) is 10.7 Å². The second-order valence-corrected chi connectivity index (χ2v) is 6.34.